The van der Waals surface area contributed by atoms with Crippen molar-refractivity contribution in [1.82, 2.24) is 9.80 Å². The Balaban J connectivity index is 1.23. The Morgan fingerprint density at radius 1 is 1.03 bits per heavy atom. The number of hydrogen-bond acceptors (Lipinski definition) is 5. The van der Waals surface area contributed by atoms with E-state index in [1.54, 1.807) is 4.90 Å². The van der Waals surface area contributed by atoms with Crippen LogP contribution in [0, 0.1) is 0 Å². The summed E-state index contributed by atoms with van der Waals surface area (Å²) in [5, 5.41) is 0. The molecule has 3 aliphatic rings. The molecule has 2 heterocycles. The normalized spacial score (nSPS) is 21.4. The van der Waals surface area contributed by atoms with Gasteiger partial charge < -0.3 is 14.4 Å². The molecule has 6 heteroatoms. The van der Waals surface area contributed by atoms with Gasteiger partial charge in [0, 0.05) is 37.2 Å². The Hall–Kier alpha value is -2.96. The smallest absolute Gasteiger partial charge is 0.255 e. The van der Waals surface area contributed by atoms with Crippen molar-refractivity contribution in [1.29, 1.82) is 0 Å². The molecule has 6 nitrogen and oxygen atoms in total. The van der Waals surface area contributed by atoms with E-state index in [0.717, 1.165) is 56.0 Å². The van der Waals surface area contributed by atoms with E-state index in [2.05, 4.69) is 35.7 Å². The first-order chi connectivity index (χ1) is 16.1. The van der Waals surface area contributed by atoms with Gasteiger partial charge in [0.15, 0.2) is 5.78 Å². The standard InChI is InChI=1S/C27H30N2O4/c1-19-5-10-24(25(30)15-19)29-17-23-22(27(29)31)3-2-4-26(23)33-18-21-8-6-20(7-9-21)16-28-11-13-32-14-12-28/h2-4,6-9,24H,1,5,10-18H2. The number of ether oxygens (including phenoxy) is 2. The summed E-state index contributed by atoms with van der Waals surface area (Å²) in [5.74, 6) is 0.731. The van der Waals surface area contributed by atoms with E-state index in [9.17, 15) is 9.59 Å². The van der Waals surface area contributed by atoms with Gasteiger partial charge in [-0.05, 0) is 36.1 Å². The first kappa shape index (κ1) is 21.9. The van der Waals surface area contributed by atoms with E-state index in [4.69, 9.17) is 9.47 Å². The van der Waals surface area contributed by atoms with Gasteiger partial charge in [-0.25, -0.2) is 0 Å². The van der Waals surface area contributed by atoms with E-state index >= 15 is 0 Å². The first-order valence-electron chi connectivity index (χ1n) is 11.7. The molecule has 2 aliphatic heterocycles. The molecule has 33 heavy (non-hydrogen) atoms. The molecule has 0 aromatic heterocycles. The zero-order valence-electron chi connectivity index (χ0n) is 18.9. The second kappa shape index (κ2) is 9.49. The van der Waals surface area contributed by atoms with Crippen LogP contribution >= 0.6 is 0 Å². The first-order valence-corrected chi connectivity index (χ1v) is 11.7. The Bertz CT molecular complexity index is 1060. The minimum absolute atomic E-state index is 0.0752. The van der Waals surface area contributed by atoms with Gasteiger partial charge in [-0.1, -0.05) is 42.5 Å². The molecule has 1 unspecified atom stereocenters. The van der Waals surface area contributed by atoms with E-state index in [-0.39, 0.29) is 17.7 Å². The van der Waals surface area contributed by atoms with Gasteiger partial charge in [-0.2, -0.15) is 0 Å². The molecular weight excluding hydrogens is 416 g/mol. The molecule has 2 aromatic carbocycles. The molecule has 1 saturated heterocycles. The fourth-order valence-corrected chi connectivity index (χ4v) is 4.92. The van der Waals surface area contributed by atoms with Crippen LogP contribution in [0.25, 0.3) is 0 Å². The van der Waals surface area contributed by atoms with Crippen molar-refractivity contribution < 1.29 is 19.1 Å². The molecule has 0 spiro atoms. The molecule has 1 saturated carbocycles. The van der Waals surface area contributed by atoms with Crippen molar-refractivity contribution in [2.75, 3.05) is 26.3 Å². The van der Waals surface area contributed by atoms with E-state index in [1.807, 2.05) is 18.2 Å². The third-order valence-corrected chi connectivity index (χ3v) is 6.82. The monoisotopic (exact) mass is 446 g/mol. The maximum Gasteiger partial charge on any atom is 0.255 e. The molecule has 1 atom stereocenters. The number of amides is 1. The molecule has 1 aliphatic carbocycles. The number of carbonyl (C=O) groups is 2. The zero-order chi connectivity index (χ0) is 22.8. The Kier molecular flexibility index (Phi) is 6.29. The second-order valence-corrected chi connectivity index (χ2v) is 9.16. The molecule has 2 fully saturated rings. The number of benzene rings is 2. The number of carbonyl (C=O) groups excluding carboxylic acids is 2. The summed E-state index contributed by atoms with van der Waals surface area (Å²) in [6.07, 6.45) is 1.82. The number of ketones is 1. The number of morpholine rings is 1. The molecule has 0 radical (unpaired) electrons. The fourth-order valence-electron chi connectivity index (χ4n) is 4.92. The highest BCUT2D eigenvalue weighted by Crippen LogP contribution is 2.35. The number of allylic oxidation sites excluding steroid dienone is 1. The van der Waals surface area contributed by atoms with Crippen LogP contribution in [0.5, 0.6) is 5.75 Å². The van der Waals surface area contributed by atoms with Gasteiger partial charge in [-0.15, -0.1) is 0 Å². The van der Waals surface area contributed by atoms with E-state index in [1.165, 1.54) is 5.56 Å². The largest absolute Gasteiger partial charge is 0.489 e. The van der Waals surface area contributed by atoms with Gasteiger partial charge in [0.05, 0.1) is 25.8 Å². The fraction of sp³-hybridized carbons (Fsp3) is 0.407. The predicted molar refractivity (Wildman–Crippen MR) is 125 cm³/mol. The van der Waals surface area contributed by atoms with E-state index in [0.29, 0.717) is 37.3 Å². The lowest BCUT2D eigenvalue weighted by molar-refractivity contribution is -0.124. The molecule has 0 N–H and O–H groups in total. The maximum atomic E-state index is 13.0. The van der Waals surface area contributed by atoms with Crippen molar-refractivity contribution in [3.05, 3.63) is 76.9 Å². The van der Waals surface area contributed by atoms with Crippen LogP contribution in [0.15, 0.2) is 54.6 Å². The minimum atomic E-state index is -0.359. The van der Waals surface area contributed by atoms with Crippen molar-refractivity contribution in [3.8, 4) is 5.75 Å². The van der Waals surface area contributed by atoms with Crippen LogP contribution in [0.4, 0.5) is 0 Å². The summed E-state index contributed by atoms with van der Waals surface area (Å²) in [4.78, 5) is 29.7. The molecule has 1 amide bonds. The molecule has 172 valence electrons. The van der Waals surface area contributed by atoms with Crippen LogP contribution in [-0.4, -0.2) is 53.8 Å². The lowest BCUT2D eigenvalue weighted by Crippen LogP contribution is -2.43. The van der Waals surface area contributed by atoms with Crippen molar-refractivity contribution >= 4 is 11.7 Å². The van der Waals surface area contributed by atoms with Crippen LogP contribution in [-0.2, 0) is 29.2 Å². The Labute approximate surface area is 194 Å². The highest BCUT2D eigenvalue weighted by molar-refractivity contribution is 6.02. The number of nitrogens with zero attached hydrogens (tertiary/aromatic N) is 2. The summed E-state index contributed by atoms with van der Waals surface area (Å²) in [6.45, 7) is 9.28. The van der Waals surface area contributed by atoms with Gasteiger partial charge in [0.1, 0.15) is 12.4 Å². The van der Waals surface area contributed by atoms with Crippen molar-refractivity contribution in [3.63, 3.8) is 0 Å². The van der Waals surface area contributed by atoms with Crippen LogP contribution in [0.3, 0.4) is 0 Å². The van der Waals surface area contributed by atoms with Gasteiger partial charge in [0.25, 0.3) is 5.91 Å². The number of Topliss-reactive ketones (excluding diaryl/α,β-unsaturated/α-hetero) is 1. The lowest BCUT2D eigenvalue weighted by Gasteiger charge is -2.30. The quantitative estimate of drug-likeness (QED) is 0.633. The molecule has 5 rings (SSSR count). The number of fused-ring (bicyclic) bond motifs is 1. The maximum absolute atomic E-state index is 13.0. The highest BCUT2D eigenvalue weighted by atomic mass is 16.5. The number of hydrogen-bond donors (Lipinski definition) is 0. The van der Waals surface area contributed by atoms with Crippen molar-refractivity contribution in [2.45, 2.75) is 45.0 Å². The summed E-state index contributed by atoms with van der Waals surface area (Å²) in [6, 6.07) is 13.7. The highest BCUT2D eigenvalue weighted by Gasteiger charge is 2.39. The minimum Gasteiger partial charge on any atom is -0.489 e. The van der Waals surface area contributed by atoms with Gasteiger partial charge >= 0.3 is 0 Å². The summed E-state index contributed by atoms with van der Waals surface area (Å²) < 4.78 is 11.6. The third kappa shape index (κ3) is 4.72. The average Bonchev–Trinajstić information content (AvgIpc) is 3.16. The van der Waals surface area contributed by atoms with Crippen LogP contribution in [0.2, 0.25) is 0 Å². The predicted octanol–water partition coefficient (Wildman–Crippen LogP) is 3.73. The van der Waals surface area contributed by atoms with Crippen molar-refractivity contribution in [2.24, 2.45) is 0 Å². The van der Waals surface area contributed by atoms with E-state index < -0.39 is 0 Å². The molecular formula is C27H30N2O4. The Morgan fingerprint density at radius 2 is 1.79 bits per heavy atom. The second-order valence-electron chi connectivity index (χ2n) is 9.16. The SMILES string of the molecule is C=C1CCC(N2Cc3c(OCc4ccc(CN5CCOCC5)cc4)cccc3C2=O)C(=O)C1. The van der Waals surface area contributed by atoms with Gasteiger partial charge in [-0.3, -0.25) is 14.5 Å². The number of rotatable bonds is 6. The molecule has 0 bridgehead atoms. The Morgan fingerprint density at radius 3 is 2.55 bits per heavy atom. The van der Waals surface area contributed by atoms with Crippen LogP contribution < -0.4 is 4.74 Å². The third-order valence-electron chi connectivity index (χ3n) is 6.82. The topological polar surface area (TPSA) is 59.1 Å². The lowest BCUT2D eigenvalue weighted by atomic mass is 9.90. The summed E-state index contributed by atoms with van der Waals surface area (Å²) in [7, 11) is 0. The van der Waals surface area contributed by atoms with Crippen LogP contribution in [0.1, 0.15) is 46.3 Å². The molecule has 2 aromatic rings. The van der Waals surface area contributed by atoms with Gasteiger partial charge in [0.2, 0.25) is 0 Å². The summed E-state index contributed by atoms with van der Waals surface area (Å²) >= 11 is 0. The average molecular weight is 447 g/mol. The summed E-state index contributed by atoms with van der Waals surface area (Å²) in [5.41, 5.74) is 4.84. The zero-order valence-corrected chi connectivity index (χ0v) is 18.9.